The molecule has 195 valence electrons. The summed E-state index contributed by atoms with van der Waals surface area (Å²) in [7, 11) is 0. The molecule has 0 aliphatic heterocycles. The molecule has 4 aromatic heterocycles. The first kappa shape index (κ1) is 32.0. The van der Waals surface area contributed by atoms with Crippen LogP contribution >= 0.6 is 0 Å². The topological polar surface area (TPSA) is 304 Å². The summed E-state index contributed by atoms with van der Waals surface area (Å²) in [6.07, 6.45) is 5.93. The van der Waals surface area contributed by atoms with Crippen LogP contribution in [-0.4, -0.2) is 64.0 Å². The molecule has 0 aliphatic carbocycles. The Bertz CT molecular complexity index is 1210. The second-order valence-corrected chi connectivity index (χ2v) is 6.29. The van der Waals surface area contributed by atoms with Gasteiger partial charge in [0.25, 0.3) is 0 Å². The van der Waals surface area contributed by atoms with E-state index in [0.717, 1.165) is 0 Å². The molecule has 10 N–H and O–H groups in total. The van der Waals surface area contributed by atoms with Gasteiger partial charge < -0.3 is 50.9 Å². The molecule has 17 heteroatoms. The predicted octanol–water partition coefficient (Wildman–Crippen LogP) is -2.78. The van der Waals surface area contributed by atoms with Crippen molar-refractivity contribution >= 4 is 23.9 Å². The van der Waals surface area contributed by atoms with Crippen LogP contribution in [0, 0.1) is 0 Å². The molecule has 0 saturated heterocycles. The van der Waals surface area contributed by atoms with Crippen LogP contribution in [0.2, 0.25) is 0 Å². The SMILES string of the molecule is O=C([O-])c1nc(-c2cccnc2)[nH]c1C(=O)O.O=C([O-])c1nc(-c2cccnc2)[nH]c1C(=O)O.[Co+2].[OH3+].[OH3+]. The van der Waals surface area contributed by atoms with Crippen molar-refractivity contribution < 1.29 is 67.3 Å². The van der Waals surface area contributed by atoms with Gasteiger partial charge in [-0.3, -0.25) is 9.97 Å². The van der Waals surface area contributed by atoms with Gasteiger partial charge in [-0.25, -0.2) is 19.6 Å². The molecule has 0 spiro atoms. The summed E-state index contributed by atoms with van der Waals surface area (Å²) in [5.41, 5.74) is -1.30. The number of aromatic nitrogens is 6. The summed E-state index contributed by atoms with van der Waals surface area (Å²) in [5.74, 6) is -5.87. The molecule has 0 aliphatic rings. The average Bonchev–Trinajstić information content (AvgIpc) is 3.47. The van der Waals surface area contributed by atoms with Gasteiger partial charge in [-0.05, 0) is 24.3 Å². The monoisotopic (exact) mass is 561 g/mol. The molecular weight excluding hydrogens is 543 g/mol. The largest absolute Gasteiger partial charge is 2.00 e. The molecular formula is C20H18CoN6O10+2. The zero-order chi connectivity index (χ0) is 24.8. The fraction of sp³-hybridized carbons (Fsp3) is 0. The number of rotatable bonds is 6. The number of carboxylic acids is 4. The molecule has 1 radical (unpaired) electrons. The minimum Gasteiger partial charge on any atom is -0.543 e. The van der Waals surface area contributed by atoms with Gasteiger partial charge in [0.2, 0.25) is 0 Å². The molecule has 16 nitrogen and oxygen atoms in total. The van der Waals surface area contributed by atoms with Crippen molar-refractivity contribution in [3.05, 3.63) is 71.8 Å². The molecule has 4 rings (SSSR count). The number of nitrogens with one attached hydrogen (secondary N) is 2. The number of hydrogen-bond donors (Lipinski definition) is 4. The number of hydrogen-bond acceptors (Lipinski definition) is 10. The van der Waals surface area contributed by atoms with Crippen molar-refractivity contribution in [2.24, 2.45) is 0 Å². The minimum atomic E-state index is -1.64. The van der Waals surface area contributed by atoms with E-state index in [0.29, 0.717) is 11.1 Å². The quantitative estimate of drug-likeness (QED) is 0.174. The number of carbonyl (C=O) groups is 4. The summed E-state index contributed by atoms with van der Waals surface area (Å²) in [6, 6.07) is 6.49. The normalized spacial score (nSPS) is 9.30. The van der Waals surface area contributed by atoms with E-state index in [1.54, 1.807) is 24.3 Å². The first-order chi connectivity index (χ1) is 16.2. The first-order valence-electron chi connectivity index (χ1n) is 9.09. The molecule has 4 aromatic rings. The maximum atomic E-state index is 10.8. The van der Waals surface area contributed by atoms with Crippen LogP contribution in [0.4, 0.5) is 0 Å². The molecule has 0 aromatic carbocycles. The number of pyridine rings is 2. The summed E-state index contributed by atoms with van der Waals surface area (Å²) in [4.78, 5) is 62.8. The molecule has 0 unspecified atom stereocenters. The Labute approximate surface area is 215 Å². The predicted molar refractivity (Wildman–Crippen MR) is 116 cm³/mol. The van der Waals surface area contributed by atoms with Crippen molar-refractivity contribution in [1.29, 1.82) is 0 Å². The van der Waals surface area contributed by atoms with E-state index in [-0.39, 0.29) is 39.4 Å². The van der Waals surface area contributed by atoms with Crippen LogP contribution in [0.1, 0.15) is 42.0 Å². The molecule has 4 heterocycles. The maximum absolute atomic E-state index is 10.8. The van der Waals surface area contributed by atoms with Crippen molar-refractivity contribution in [2.45, 2.75) is 0 Å². The van der Waals surface area contributed by atoms with E-state index in [1.165, 1.54) is 24.8 Å². The van der Waals surface area contributed by atoms with Crippen LogP contribution in [0.25, 0.3) is 22.8 Å². The molecule has 0 fully saturated rings. The van der Waals surface area contributed by atoms with Crippen LogP contribution in [0.5, 0.6) is 0 Å². The third-order valence-electron chi connectivity index (χ3n) is 4.09. The van der Waals surface area contributed by atoms with E-state index < -0.39 is 46.7 Å². The van der Waals surface area contributed by atoms with Crippen LogP contribution in [0.3, 0.4) is 0 Å². The zero-order valence-corrected chi connectivity index (χ0v) is 19.3. The Balaban J connectivity index is 0.000000648. The first-order valence-corrected chi connectivity index (χ1v) is 9.09. The second-order valence-electron chi connectivity index (χ2n) is 6.29. The van der Waals surface area contributed by atoms with Gasteiger partial charge in [0.05, 0.1) is 11.9 Å². The fourth-order valence-electron chi connectivity index (χ4n) is 2.63. The van der Waals surface area contributed by atoms with Gasteiger partial charge in [-0.15, -0.1) is 0 Å². The smallest absolute Gasteiger partial charge is 0.543 e. The van der Waals surface area contributed by atoms with Gasteiger partial charge in [0, 0.05) is 35.9 Å². The Morgan fingerprint density at radius 1 is 0.703 bits per heavy atom. The Morgan fingerprint density at radius 3 is 1.27 bits per heavy atom. The summed E-state index contributed by atoms with van der Waals surface area (Å²) in [5, 5.41) is 39.0. The number of carboxylic acid groups (broad SMARTS) is 4. The second kappa shape index (κ2) is 13.8. The van der Waals surface area contributed by atoms with E-state index in [4.69, 9.17) is 10.2 Å². The fourth-order valence-corrected chi connectivity index (χ4v) is 2.63. The number of nitrogens with zero attached hydrogens (tertiary/aromatic N) is 4. The molecule has 37 heavy (non-hydrogen) atoms. The Hall–Kier alpha value is -4.97. The third kappa shape index (κ3) is 7.50. The molecule has 0 saturated carbocycles. The number of aromatic amines is 2. The summed E-state index contributed by atoms with van der Waals surface area (Å²) in [6.45, 7) is 0. The number of carbonyl (C=O) groups excluding carboxylic acids is 2. The van der Waals surface area contributed by atoms with E-state index in [1.807, 2.05) is 0 Å². The van der Waals surface area contributed by atoms with Gasteiger partial charge in [0.15, 0.2) is 11.4 Å². The summed E-state index contributed by atoms with van der Waals surface area (Å²) < 4.78 is 0. The zero-order valence-electron chi connectivity index (χ0n) is 18.2. The summed E-state index contributed by atoms with van der Waals surface area (Å²) >= 11 is 0. The maximum Gasteiger partial charge on any atom is 2.00 e. The van der Waals surface area contributed by atoms with Crippen molar-refractivity contribution in [3.63, 3.8) is 0 Å². The number of imidazole rings is 2. The molecule has 0 amide bonds. The standard InChI is InChI=1S/2C10H7N3O4.Co.2H2O/c2*14-9(15)6-7(10(16)17)13-8(12-6)5-2-1-3-11-4-5;;;/h2*1-4H,(H,12,13)(H,14,15)(H,16,17);;2*1H2/q;;+2;;. The van der Waals surface area contributed by atoms with Crippen molar-refractivity contribution in [1.82, 2.24) is 29.9 Å². The van der Waals surface area contributed by atoms with Crippen LogP contribution in [-0.2, 0) is 27.7 Å². The Kier molecular flexibility index (Phi) is 11.9. The number of aromatic carboxylic acids is 4. The minimum absolute atomic E-state index is 0. The molecule has 0 atom stereocenters. The van der Waals surface area contributed by atoms with E-state index in [2.05, 4.69) is 29.9 Å². The van der Waals surface area contributed by atoms with Crippen LogP contribution in [0.15, 0.2) is 49.1 Å². The average molecular weight is 561 g/mol. The van der Waals surface area contributed by atoms with Gasteiger partial charge in [-0.1, -0.05) is 0 Å². The van der Waals surface area contributed by atoms with Crippen molar-refractivity contribution in [2.75, 3.05) is 0 Å². The third-order valence-corrected chi connectivity index (χ3v) is 4.09. The van der Waals surface area contributed by atoms with Gasteiger partial charge >= 0.3 is 28.7 Å². The van der Waals surface area contributed by atoms with Crippen LogP contribution < -0.4 is 10.2 Å². The van der Waals surface area contributed by atoms with Gasteiger partial charge in [-0.2, -0.15) is 0 Å². The van der Waals surface area contributed by atoms with E-state index in [9.17, 15) is 29.4 Å². The Morgan fingerprint density at radius 2 is 1.05 bits per heavy atom. The molecule has 0 bridgehead atoms. The number of H-pyrrole nitrogens is 2. The van der Waals surface area contributed by atoms with E-state index >= 15 is 0 Å². The van der Waals surface area contributed by atoms with Crippen molar-refractivity contribution in [3.8, 4) is 22.8 Å². The van der Waals surface area contributed by atoms with Gasteiger partial charge in [0.1, 0.15) is 23.0 Å².